The SMILES string of the molecule is O=C(N[C@H]1CCCc2cnc(-c3ccnc(C(F)(F)F)c3)cc21)c1cncc(C(F)(F)F)n1. The van der Waals surface area contributed by atoms with E-state index in [1.54, 1.807) is 6.07 Å². The summed E-state index contributed by atoms with van der Waals surface area (Å²) >= 11 is 0. The number of nitrogens with one attached hydrogen (secondary N) is 1. The molecule has 0 radical (unpaired) electrons. The van der Waals surface area contributed by atoms with Gasteiger partial charge in [-0.2, -0.15) is 26.3 Å². The van der Waals surface area contributed by atoms with Crippen LogP contribution < -0.4 is 5.32 Å². The van der Waals surface area contributed by atoms with Gasteiger partial charge < -0.3 is 5.32 Å². The predicted molar refractivity (Wildman–Crippen MR) is 103 cm³/mol. The van der Waals surface area contributed by atoms with Crippen molar-refractivity contribution in [1.82, 2.24) is 25.3 Å². The number of fused-ring (bicyclic) bond motifs is 1. The van der Waals surface area contributed by atoms with E-state index < -0.39 is 41.4 Å². The number of aromatic nitrogens is 4. The van der Waals surface area contributed by atoms with Crippen LogP contribution in [0, 0.1) is 0 Å². The molecule has 1 aliphatic rings. The topological polar surface area (TPSA) is 80.7 Å². The van der Waals surface area contributed by atoms with E-state index in [9.17, 15) is 31.1 Å². The van der Waals surface area contributed by atoms with Crippen LogP contribution in [0.25, 0.3) is 11.3 Å². The van der Waals surface area contributed by atoms with Gasteiger partial charge in [0.15, 0.2) is 5.69 Å². The smallest absolute Gasteiger partial charge is 0.344 e. The molecule has 1 atom stereocenters. The van der Waals surface area contributed by atoms with E-state index in [-0.39, 0.29) is 11.3 Å². The zero-order valence-corrected chi connectivity index (χ0v) is 16.7. The van der Waals surface area contributed by atoms with E-state index in [2.05, 4.69) is 25.3 Å². The third kappa shape index (κ3) is 4.94. The van der Waals surface area contributed by atoms with Crippen LogP contribution in [0.3, 0.4) is 0 Å². The molecule has 6 nitrogen and oxygen atoms in total. The quantitative estimate of drug-likeness (QED) is 0.561. The summed E-state index contributed by atoms with van der Waals surface area (Å²) in [6.45, 7) is 0. The molecule has 3 aromatic heterocycles. The fourth-order valence-electron chi connectivity index (χ4n) is 3.58. The molecule has 0 aliphatic heterocycles. The molecule has 1 amide bonds. The lowest BCUT2D eigenvalue weighted by molar-refractivity contribution is -0.142. The van der Waals surface area contributed by atoms with Crippen LogP contribution >= 0.6 is 0 Å². The van der Waals surface area contributed by atoms with Gasteiger partial charge in [0, 0.05) is 18.0 Å². The van der Waals surface area contributed by atoms with E-state index in [0.717, 1.165) is 24.0 Å². The molecule has 3 aromatic rings. The number of pyridine rings is 2. The number of halogens is 6. The highest BCUT2D eigenvalue weighted by atomic mass is 19.4. The van der Waals surface area contributed by atoms with Crippen molar-refractivity contribution in [2.75, 3.05) is 0 Å². The summed E-state index contributed by atoms with van der Waals surface area (Å²) in [5.41, 5.74) is -0.979. The van der Waals surface area contributed by atoms with E-state index in [1.165, 1.54) is 12.3 Å². The summed E-state index contributed by atoms with van der Waals surface area (Å²) in [5, 5.41) is 2.66. The molecule has 33 heavy (non-hydrogen) atoms. The fraction of sp³-hybridized carbons (Fsp3) is 0.286. The van der Waals surface area contributed by atoms with Crippen LogP contribution in [0.2, 0.25) is 0 Å². The summed E-state index contributed by atoms with van der Waals surface area (Å²) in [5.74, 6) is -0.840. The molecule has 172 valence electrons. The van der Waals surface area contributed by atoms with Gasteiger partial charge in [0.2, 0.25) is 0 Å². The second kappa shape index (κ2) is 8.41. The molecule has 0 saturated heterocycles. The third-order valence-electron chi connectivity index (χ3n) is 5.15. The Hall–Kier alpha value is -3.57. The standard InChI is InChI=1S/C21H15F6N5O/c22-20(23,24)17-6-11(4-5-29-17)15-7-13-12(8-30-15)2-1-3-14(13)32-19(33)16-9-28-10-18(31-16)21(25,26)27/h4-10,14H,1-3H2,(H,32,33)/t14-/m0/s1. The monoisotopic (exact) mass is 467 g/mol. The summed E-state index contributed by atoms with van der Waals surface area (Å²) in [6, 6.07) is 3.26. The van der Waals surface area contributed by atoms with Crippen LogP contribution in [0.1, 0.15) is 51.9 Å². The van der Waals surface area contributed by atoms with Gasteiger partial charge in [0.1, 0.15) is 11.4 Å². The zero-order chi connectivity index (χ0) is 23.8. The largest absolute Gasteiger partial charge is 0.434 e. The summed E-state index contributed by atoms with van der Waals surface area (Å²) in [6.07, 6.45) is -3.54. The number of rotatable bonds is 3. The molecule has 1 N–H and O–H groups in total. The minimum Gasteiger partial charge on any atom is -0.344 e. The normalized spacial score (nSPS) is 16.2. The minimum absolute atomic E-state index is 0.194. The van der Waals surface area contributed by atoms with Crippen LogP contribution in [0.4, 0.5) is 26.3 Å². The Morgan fingerprint density at radius 1 is 0.970 bits per heavy atom. The van der Waals surface area contributed by atoms with Crippen molar-refractivity contribution < 1.29 is 31.1 Å². The van der Waals surface area contributed by atoms with Gasteiger partial charge >= 0.3 is 12.4 Å². The molecule has 12 heteroatoms. The van der Waals surface area contributed by atoms with Gasteiger partial charge in [-0.1, -0.05) is 0 Å². The van der Waals surface area contributed by atoms with Gasteiger partial charge in [0.25, 0.3) is 5.91 Å². The second-order valence-corrected chi connectivity index (χ2v) is 7.40. The second-order valence-electron chi connectivity index (χ2n) is 7.40. The molecule has 0 saturated carbocycles. The van der Waals surface area contributed by atoms with Crippen molar-refractivity contribution in [1.29, 1.82) is 0 Å². The molecule has 0 fully saturated rings. The maximum Gasteiger partial charge on any atom is 0.434 e. The zero-order valence-electron chi connectivity index (χ0n) is 16.7. The molecular formula is C21H15F6N5O. The van der Waals surface area contributed by atoms with Crippen molar-refractivity contribution in [3.05, 3.63) is 71.2 Å². The highest BCUT2D eigenvalue weighted by molar-refractivity contribution is 5.92. The van der Waals surface area contributed by atoms with Crippen LogP contribution in [0.15, 0.2) is 43.0 Å². The highest BCUT2D eigenvalue weighted by Gasteiger charge is 2.34. The van der Waals surface area contributed by atoms with Gasteiger partial charge in [0.05, 0.1) is 24.1 Å². The van der Waals surface area contributed by atoms with E-state index >= 15 is 0 Å². The summed E-state index contributed by atoms with van der Waals surface area (Å²) in [7, 11) is 0. The minimum atomic E-state index is -4.75. The van der Waals surface area contributed by atoms with Crippen molar-refractivity contribution in [2.24, 2.45) is 0 Å². The van der Waals surface area contributed by atoms with Crippen molar-refractivity contribution in [2.45, 2.75) is 37.7 Å². The number of amides is 1. The third-order valence-corrected chi connectivity index (χ3v) is 5.15. The average molecular weight is 467 g/mol. The molecule has 3 heterocycles. The molecule has 0 bridgehead atoms. The maximum atomic E-state index is 13.0. The van der Waals surface area contributed by atoms with Gasteiger partial charge in [-0.25, -0.2) is 4.98 Å². The molecular weight excluding hydrogens is 452 g/mol. The Balaban J connectivity index is 1.62. The lowest BCUT2D eigenvalue weighted by atomic mass is 9.88. The Labute approximate surface area is 183 Å². The fourth-order valence-corrected chi connectivity index (χ4v) is 3.58. The number of aryl methyl sites for hydroxylation is 1. The number of carbonyl (C=O) groups excluding carboxylic acids is 1. The van der Waals surface area contributed by atoms with Gasteiger partial charge in [-0.3, -0.25) is 19.7 Å². The van der Waals surface area contributed by atoms with Gasteiger partial charge in [-0.05, 0) is 48.6 Å². The molecule has 0 spiro atoms. The highest BCUT2D eigenvalue weighted by Crippen LogP contribution is 2.34. The van der Waals surface area contributed by atoms with Crippen LogP contribution in [-0.2, 0) is 18.8 Å². The number of carbonyl (C=O) groups is 1. The van der Waals surface area contributed by atoms with Crippen molar-refractivity contribution >= 4 is 5.91 Å². The lowest BCUT2D eigenvalue weighted by Crippen LogP contribution is -2.32. The van der Waals surface area contributed by atoms with Gasteiger partial charge in [-0.15, -0.1) is 0 Å². The first-order chi connectivity index (χ1) is 15.5. The number of alkyl halides is 6. The predicted octanol–water partition coefficient (Wildman–Crippen LogP) is 4.78. The summed E-state index contributed by atoms with van der Waals surface area (Å²) < 4.78 is 77.7. The molecule has 0 unspecified atom stereocenters. The first-order valence-corrected chi connectivity index (χ1v) is 9.75. The average Bonchev–Trinajstić information content (AvgIpc) is 2.78. The van der Waals surface area contributed by atoms with Crippen molar-refractivity contribution in [3.8, 4) is 11.3 Å². The summed E-state index contributed by atoms with van der Waals surface area (Å²) in [4.78, 5) is 26.9. The van der Waals surface area contributed by atoms with E-state index in [4.69, 9.17) is 0 Å². The first-order valence-electron chi connectivity index (χ1n) is 9.75. The number of nitrogens with zero attached hydrogens (tertiary/aromatic N) is 4. The molecule has 4 rings (SSSR count). The molecule has 1 aliphatic carbocycles. The first kappa shape index (κ1) is 22.6. The number of hydrogen-bond donors (Lipinski definition) is 1. The Bertz CT molecular complexity index is 1190. The molecule has 0 aromatic carbocycles. The Morgan fingerprint density at radius 3 is 2.45 bits per heavy atom. The van der Waals surface area contributed by atoms with Crippen LogP contribution in [-0.4, -0.2) is 25.8 Å². The van der Waals surface area contributed by atoms with Crippen molar-refractivity contribution in [3.63, 3.8) is 0 Å². The number of hydrogen-bond acceptors (Lipinski definition) is 5. The van der Waals surface area contributed by atoms with Crippen LogP contribution in [0.5, 0.6) is 0 Å². The van der Waals surface area contributed by atoms with E-state index in [0.29, 0.717) is 31.0 Å². The Kier molecular flexibility index (Phi) is 5.76. The Morgan fingerprint density at radius 2 is 1.73 bits per heavy atom. The lowest BCUT2D eigenvalue weighted by Gasteiger charge is -2.26. The van der Waals surface area contributed by atoms with E-state index in [1.807, 2.05) is 0 Å². The maximum absolute atomic E-state index is 13.0.